The highest BCUT2D eigenvalue weighted by atomic mass is 16.5. The molecule has 1 aliphatic carbocycles. The van der Waals surface area contributed by atoms with Gasteiger partial charge in [-0.25, -0.2) is 4.98 Å². The Bertz CT molecular complexity index is 452. The molecule has 0 aliphatic heterocycles. The summed E-state index contributed by atoms with van der Waals surface area (Å²) in [5.41, 5.74) is 0.575. The van der Waals surface area contributed by atoms with Gasteiger partial charge in [0.2, 0.25) is 5.88 Å². The second-order valence-corrected chi connectivity index (χ2v) is 5.01. The van der Waals surface area contributed by atoms with E-state index in [4.69, 9.17) is 4.74 Å². The van der Waals surface area contributed by atoms with E-state index < -0.39 is 0 Å². The molecule has 0 bridgehead atoms. The number of carbonyl (C=O) groups excluding carboxylic acids is 1. The summed E-state index contributed by atoms with van der Waals surface area (Å²) >= 11 is 0. The SMILES string of the molecule is CC(C)Oc1ccc(C(=O)NC2CC=CCC2)cn1. The van der Waals surface area contributed by atoms with Gasteiger partial charge in [-0.15, -0.1) is 0 Å². The van der Waals surface area contributed by atoms with Gasteiger partial charge in [0, 0.05) is 18.3 Å². The van der Waals surface area contributed by atoms with Crippen LogP contribution >= 0.6 is 0 Å². The number of carbonyl (C=O) groups is 1. The molecule has 1 unspecified atom stereocenters. The third kappa shape index (κ3) is 4.09. The second kappa shape index (κ2) is 6.36. The Kier molecular flexibility index (Phi) is 4.55. The van der Waals surface area contributed by atoms with Crippen molar-refractivity contribution in [2.45, 2.75) is 45.3 Å². The Morgan fingerprint density at radius 3 is 2.84 bits per heavy atom. The van der Waals surface area contributed by atoms with Crippen molar-refractivity contribution in [2.24, 2.45) is 0 Å². The number of pyridine rings is 1. The monoisotopic (exact) mass is 260 g/mol. The quantitative estimate of drug-likeness (QED) is 0.847. The lowest BCUT2D eigenvalue weighted by molar-refractivity contribution is 0.0934. The summed E-state index contributed by atoms with van der Waals surface area (Å²) in [7, 11) is 0. The maximum Gasteiger partial charge on any atom is 0.253 e. The molecule has 0 spiro atoms. The first-order chi connectivity index (χ1) is 9.15. The molecule has 1 atom stereocenters. The number of nitrogens with zero attached hydrogens (tertiary/aromatic N) is 1. The molecule has 1 aromatic heterocycles. The van der Waals surface area contributed by atoms with E-state index in [1.165, 1.54) is 0 Å². The lowest BCUT2D eigenvalue weighted by Gasteiger charge is -2.19. The van der Waals surface area contributed by atoms with Gasteiger partial charge in [0.05, 0.1) is 11.7 Å². The van der Waals surface area contributed by atoms with Gasteiger partial charge in [-0.1, -0.05) is 12.2 Å². The van der Waals surface area contributed by atoms with Crippen LogP contribution < -0.4 is 10.1 Å². The summed E-state index contributed by atoms with van der Waals surface area (Å²) in [5.74, 6) is 0.482. The Morgan fingerprint density at radius 2 is 2.26 bits per heavy atom. The van der Waals surface area contributed by atoms with Crippen LogP contribution in [0, 0.1) is 0 Å². The summed E-state index contributed by atoms with van der Waals surface area (Å²) in [5, 5.41) is 3.02. The van der Waals surface area contributed by atoms with Gasteiger partial charge in [0.1, 0.15) is 0 Å². The van der Waals surface area contributed by atoms with E-state index in [1.54, 1.807) is 18.3 Å². The van der Waals surface area contributed by atoms with Crippen LogP contribution in [0.25, 0.3) is 0 Å². The smallest absolute Gasteiger partial charge is 0.253 e. The zero-order valence-corrected chi connectivity index (χ0v) is 11.4. The third-order valence-electron chi connectivity index (χ3n) is 2.96. The van der Waals surface area contributed by atoms with Crippen molar-refractivity contribution in [3.05, 3.63) is 36.0 Å². The first-order valence-electron chi connectivity index (χ1n) is 6.73. The molecule has 0 aromatic carbocycles. The average Bonchev–Trinajstić information content (AvgIpc) is 2.40. The van der Waals surface area contributed by atoms with Crippen LogP contribution in [-0.2, 0) is 0 Å². The van der Waals surface area contributed by atoms with E-state index in [0.717, 1.165) is 19.3 Å². The molecule has 1 aromatic rings. The molecular weight excluding hydrogens is 240 g/mol. The molecule has 4 nitrogen and oxygen atoms in total. The summed E-state index contributed by atoms with van der Waals surface area (Å²) in [4.78, 5) is 16.2. The molecule has 102 valence electrons. The molecule has 1 amide bonds. The highest BCUT2D eigenvalue weighted by molar-refractivity contribution is 5.94. The van der Waals surface area contributed by atoms with E-state index in [1.807, 2.05) is 13.8 Å². The molecule has 19 heavy (non-hydrogen) atoms. The van der Waals surface area contributed by atoms with Crippen molar-refractivity contribution >= 4 is 5.91 Å². The number of hydrogen-bond donors (Lipinski definition) is 1. The molecule has 0 radical (unpaired) electrons. The van der Waals surface area contributed by atoms with Crippen molar-refractivity contribution in [1.82, 2.24) is 10.3 Å². The summed E-state index contributed by atoms with van der Waals surface area (Å²) in [6.45, 7) is 3.89. The molecular formula is C15H20N2O2. The molecule has 4 heteroatoms. The van der Waals surface area contributed by atoms with Gasteiger partial charge in [0.15, 0.2) is 0 Å². The first kappa shape index (κ1) is 13.6. The van der Waals surface area contributed by atoms with Crippen LogP contribution in [0.2, 0.25) is 0 Å². The number of hydrogen-bond acceptors (Lipinski definition) is 3. The van der Waals surface area contributed by atoms with E-state index in [9.17, 15) is 4.79 Å². The Balaban J connectivity index is 1.93. The number of nitrogens with one attached hydrogen (secondary N) is 1. The fourth-order valence-electron chi connectivity index (χ4n) is 2.02. The lowest BCUT2D eigenvalue weighted by atomic mass is 10.0. The highest BCUT2D eigenvalue weighted by Crippen LogP contribution is 2.13. The minimum atomic E-state index is -0.0658. The maximum absolute atomic E-state index is 12.0. The zero-order chi connectivity index (χ0) is 13.7. The third-order valence-corrected chi connectivity index (χ3v) is 2.96. The Labute approximate surface area is 113 Å². The second-order valence-electron chi connectivity index (χ2n) is 5.01. The standard InChI is InChI=1S/C15H20N2O2/c1-11(2)19-14-9-8-12(10-16-14)15(18)17-13-6-4-3-5-7-13/h3-4,8-11,13H,5-7H2,1-2H3,(H,17,18). The molecule has 0 saturated heterocycles. The van der Waals surface area contributed by atoms with Crippen molar-refractivity contribution < 1.29 is 9.53 Å². The molecule has 1 heterocycles. The lowest BCUT2D eigenvalue weighted by Crippen LogP contribution is -2.35. The maximum atomic E-state index is 12.0. The van der Waals surface area contributed by atoms with Crippen molar-refractivity contribution in [2.75, 3.05) is 0 Å². The van der Waals surface area contributed by atoms with Crippen LogP contribution in [0.4, 0.5) is 0 Å². The Hall–Kier alpha value is -1.84. The number of rotatable bonds is 4. The summed E-state index contributed by atoms with van der Waals surface area (Å²) in [6, 6.07) is 3.72. The normalized spacial score (nSPS) is 18.4. The van der Waals surface area contributed by atoms with Crippen molar-refractivity contribution in [3.63, 3.8) is 0 Å². The molecule has 0 fully saturated rings. The largest absolute Gasteiger partial charge is 0.475 e. The van der Waals surface area contributed by atoms with Gasteiger partial charge in [0.25, 0.3) is 5.91 Å². The van der Waals surface area contributed by atoms with Gasteiger partial charge < -0.3 is 10.1 Å². The average molecular weight is 260 g/mol. The van der Waals surface area contributed by atoms with Crippen LogP contribution in [0.5, 0.6) is 5.88 Å². The van der Waals surface area contributed by atoms with Crippen LogP contribution in [0.1, 0.15) is 43.5 Å². The number of ether oxygens (including phenoxy) is 1. The van der Waals surface area contributed by atoms with Gasteiger partial charge in [-0.3, -0.25) is 4.79 Å². The predicted octanol–water partition coefficient (Wildman–Crippen LogP) is 2.71. The topological polar surface area (TPSA) is 51.2 Å². The van der Waals surface area contributed by atoms with Gasteiger partial charge in [-0.2, -0.15) is 0 Å². The van der Waals surface area contributed by atoms with Gasteiger partial charge in [-0.05, 0) is 39.2 Å². The predicted molar refractivity (Wildman–Crippen MR) is 74.2 cm³/mol. The fourth-order valence-corrected chi connectivity index (χ4v) is 2.02. The van der Waals surface area contributed by atoms with E-state index >= 15 is 0 Å². The van der Waals surface area contributed by atoms with Crippen LogP contribution in [0.3, 0.4) is 0 Å². The first-order valence-corrected chi connectivity index (χ1v) is 6.73. The van der Waals surface area contributed by atoms with E-state index in [2.05, 4.69) is 22.5 Å². The number of amides is 1. The van der Waals surface area contributed by atoms with Crippen molar-refractivity contribution in [3.8, 4) is 5.88 Å². The molecule has 0 saturated carbocycles. The highest BCUT2D eigenvalue weighted by Gasteiger charge is 2.14. The zero-order valence-electron chi connectivity index (χ0n) is 11.4. The summed E-state index contributed by atoms with van der Waals surface area (Å²) < 4.78 is 5.45. The molecule has 1 N–H and O–H groups in total. The Morgan fingerprint density at radius 1 is 1.42 bits per heavy atom. The molecule has 1 aliphatic rings. The van der Waals surface area contributed by atoms with Crippen LogP contribution in [-0.4, -0.2) is 23.0 Å². The van der Waals surface area contributed by atoms with Crippen molar-refractivity contribution in [1.29, 1.82) is 0 Å². The van der Waals surface area contributed by atoms with Gasteiger partial charge >= 0.3 is 0 Å². The summed E-state index contributed by atoms with van der Waals surface area (Å²) in [6.07, 6.45) is 8.86. The molecule has 2 rings (SSSR count). The van der Waals surface area contributed by atoms with Crippen LogP contribution in [0.15, 0.2) is 30.5 Å². The van der Waals surface area contributed by atoms with E-state index in [-0.39, 0.29) is 18.1 Å². The van der Waals surface area contributed by atoms with E-state index in [0.29, 0.717) is 11.4 Å². The number of allylic oxidation sites excluding steroid dienone is 1. The minimum Gasteiger partial charge on any atom is -0.475 e. The number of aromatic nitrogens is 1. The minimum absolute atomic E-state index is 0.0658. The fraction of sp³-hybridized carbons (Fsp3) is 0.467.